The van der Waals surface area contributed by atoms with Gasteiger partial charge in [0, 0.05) is 38.5 Å². The number of rotatable bonds is 5. The summed E-state index contributed by atoms with van der Waals surface area (Å²) in [5.41, 5.74) is 2.26. The van der Waals surface area contributed by atoms with Crippen molar-refractivity contribution in [3.63, 3.8) is 0 Å². The van der Waals surface area contributed by atoms with E-state index >= 15 is 0 Å². The number of oxazole rings is 1. The molecule has 0 unspecified atom stereocenters. The highest BCUT2D eigenvalue weighted by molar-refractivity contribution is 14.0. The van der Waals surface area contributed by atoms with Gasteiger partial charge in [-0.05, 0) is 19.1 Å². The predicted octanol–water partition coefficient (Wildman–Crippen LogP) is 4.89. The Labute approximate surface area is 200 Å². The van der Waals surface area contributed by atoms with Gasteiger partial charge in [0.25, 0.3) is 0 Å². The first-order valence-electron chi connectivity index (χ1n) is 10.4. The van der Waals surface area contributed by atoms with Crippen molar-refractivity contribution in [2.24, 2.45) is 4.99 Å². The van der Waals surface area contributed by atoms with E-state index in [1.54, 1.807) is 6.20 Å². The van der Waals surface area contributed by atoms with E-state index in [1.807, 2.05) is 49.5 Å². The molecule has 7 heteroatoms. The second-order valence-electron chi connectivity index (χ2n) is 7.50. The minimum atomic E-state index is 0. The van der Waals surface area contributed by atoms with E-state index in [0.29, 0.717) is 12.4 Å². The van der Waals surface area contributed by atoms with Crippen LogP contribution in [0.1, 0.15) is 24.3 Å². The molecule has 0 atom stereocenters. The van der Waals surface area contributed by atoms with Gasteiger partial charge in [-0.3, -0.25) is 4.99 Å². The average molecular weight is 532 g/mol. The van der Waals surface area contributed by atoms with Gasteiger partial charge in [-0.2, -0.15) is 0 Å². The van der Waals surface area contributed by atoms with Crippen LogP contribution in [0.3, 0.4) is 0 Å². The first-order valence-corrected chi connectivity index (χ1v) is 10.4. The number of likely N-dealkylation sites (tertiary alicyclic amines) is 1. The van der Waals surface area contributed by atoms with Crippen molar-refractivity contribution >= 4 is 29.9 Å². The zero-order chi connectivity index (χ0) is 20.8. The lowest BCUT2D eigenvalue weighted by molar-refractivity contribution is 0.129. The van der Waals surface area contributed by atoms with Gasteiger partial charge < -0.3 is 19.4 Å². The van der Waals surface area contributed by atoms with Crippen LogP contribution in [0.4, 0.5) is 0 Å². The van der Waals surface area contributed by atoms with Crippen molar-refractivity contribution in [3.05, 3.63) is 72.2 Å². The van der Waals surface area contributed by atoms with E-state index in [9.17, 15) is 0 Å². The Morgan fingerprint density at radius 3 is 2.52 bits per heavy atom. The molecule has 0 radical (unpaired) electrons. The van der Waals surface area contributed by atoms with Gasteiger partial charge in [-0.25, -0.2) is 4.98 Å². The number of hydrogen-bond donors (Lipinski definition) is 1. The van der Waals surface area contributed by atoms with Gasteiger partial charge in [-0.15, -0.1) is 24.0 Å². The van der Waals surface area contributed by atoms with E-state index in [2.05, 4.69) is 39.2 Å². The number of aryl methyl sites for hydroxylation is 1. The van der Waals surface area contributed by atoms with E-state index in [1.165, 1.54) is 5.56 Å². The highest BCUT2D eigenvalue weighted by Gasteiger charge is 2.23. The molecule has 1 fully saturated rings. The van der Waals surface area contributed by atoms with Gasteiger partial charge in [-0.1, -0.05) is 48.0 Å². The topological polar surface area (TPSA) is 62.9 Å². The molecule has 31 heavy (non-hydrogen) atoms. The maximum absolute atomic E-state index is 6.09. The number of nitrogens with zero attached hydrogens (tertiary/aromatic N) is 3. The summed E-state index contributed by atoms with van der Waals surface area (Å²) in [5.74, 6) is 3.23. The van der Waals surface area contributed by atoms with Crippen LogP contribution >= 0.6 is 24.0 Å². The minimum Gasteiger partial charge on any atom is -0.490 e. The lowest BCUT2D eigenvalue weighted by Gasteiger charge is -2.34. The summed E-state index contributed by atoms with van der Waals surface area (Å²) in [7, 11) is 1.81. The summed E-state index contributed by atoms with van der Waals surface area (Å²) in [6.07, 6.45) is 3.94. The van der Waals surface area contributed by atoms with Crippen LogP contribution in [0.2, 0.25) is 0 Å². The van der Waals surface area contributed by atoms with Gasteiger partial charge in [0.1, 0.15) is 11.9 Å². The molecule has 3 aromatic rings. The molecule has 0 spiro atoms. The Bertz CT molecular complexity index is 965. The third kappa shape index (κ3) is 6.22. The van der Waals surface area contributed by atoms with Crippen molar-refractivity contribution in [2.75, 3.05) is 20.1 Å². The number of para-hydroxylation sites is 1. The summed E-state index contributed by atoms with van der Waals surface area (Å²) >= 11 is 0. The quantitative estimate of drug-likeness (QED) is 0.288. The lowest BCUT2D eigenvalue weighted by Crippen LogP contribution is -2.47. The molecule has 0 amide bonds. The third-order valence-corrected chi connectivity index (χ3v) is 5.29. The zero-order valence-electron chi connectivity index (χ0n) is 18.0. The second-order valence-corrected chi connectivity index (χ2v) is 7.50. The van der Waals surface area contributed by atoms with Gasteiger partial charge >= 0.3 is 0 Å². The molecule has 2 heterocycles. The predicted molar refractivity (Wildman–Crippen MR) is 134 cm³/mol. The summed E-state index contributed by atoms with van der Waals surface area (Å²) in [4.78, 5) is 11.1. The third-order valence-electron chi connectivity index (χ3n) is 5.29. The minimum absolute atomic E-state index is 0. The number of benzene rings is 2. The number of halogens is 1. The molecule has 2 aromatic carbocycles. The van der Waals surface area contributed by atoms with Crippen LogP contribution in [0.25, 0.3) is 11.3 Å². The Kier molecular flexibility index (Phi) is 8.34. The normalized spacial score (nSPS) is 14.8. The molecular formula is C24H29IN4O2. The van der Waals surface area contributed by atoms with Crippen LogP contribution < -0.4 is 10.1 Å². The molecule has 1 saturated heterocycles. The Morgan fingerprint density at radius 2 is 1.84 bits per heavy atom. The number of guanidine groups is 1. The first-order chi connectivity index (χ1) is 14.7. The van der Waals surface area contributed by atoms with Crippen molar-refractivity contribution in [2.45, 2.75) is 32.4 Å². The van der Waals surface area contributed by atoms with Gasteiger partial charge in [0.05, 0.1) is 12.7 Å². The van der Waals surface area contributed by atoms with Crippen molar-refractivity contribution in [1.29, 1.82) is 0 Å². The fraction of sp³-hybridized carbons (Fsp3) is 0.333. The molecule has 0 bridgehead atoms. The maximum atomic E-state index is 6.09. The SMILES string of the molecule is CN=C(NCc1ncc(-c2ccc(C)cc2)o1)N1CCC(Oc2ccccc2)CC1.I. The average Bonchev–Trinajstić information content (AvgIpc) is 3.25. The maximum Gasteiger partial charge on any atom is 0.214 e. The van der Waals surface area contributed by atoms with Crippen LogP contribution in [0, 0.1) is 6.92 Å². The molecule has 0 aliphatic carbocycles. The zero-order valence-corrected chi connectivity index (χ0v) is 20.3. The van der Waals surface area contributed by atoms with E-state index in [-0.39, 0.29) is 30.1 Å². The summed E-state index contributed by atoms with van der Waals surface area (Å²) < 4.78 is 12.0. The number of nitrogens with one attached hydrogen (secondary N) is 1. The molecular weight excluding hydrogens is 503 g/mol. The Hall–Kier alpha value is -2.55. The molecule has 1 N–H and O–H groups in total. The highest BCUT2D eigenvalue weighted by Crippen LogP contribution is 2.21. The largest absolute Gasteiger partial charge is 0.490 e. The van der Waals surface area contributed by atoms with Gasteiger partial charge in [0.15, 0.2) is 11.7 Å². The van der Waals surface area contributed by atoms with Crippen molar-refractivity contribution in [3.8, 4) is 17.1 Å². The van der Waals surface area contributed by atoms with Crippen molar-refractivity contribution < 1.29 is 9.15 Å². The fourth-order valence-electron chi connectivity index (χ4n) is 3.61. The molecule has 6 nitrogen and oxygen atoms in total. The summed E-state index contributed by atoms with van der Waals surface area (Å²) in [6.45, 7) is 4.37. The van der Waals surface area contributed by atoms with Crippen LogP contribution in [0.5, 0.6) is 5.75 Å². The summed E-state index contributed by atoms with van der Waals surface area (Å²) in [5, 5.41) is 3.37. The van der Waals surface area contributed by atoms with Crippen LogP contribution in [-0.4, -0.2) is 42.1 Å². The standard InChI is InChI=1S/C24H28N4O2.HI/c1-18-8-10-19(11-9-18)22-16-26-23(30-22)17-27-24(25-2)28-14-12-21(13-15-28)29-20-6-4-3-5-7-20;/h3-11,16,21H,12-15,17H2,1-2H3,(H,25,27);1H. The molecule has 1 aliphatic rings. The van der Waals surface area contributed by atoms with E-state index in [4.69, 9.17) is 9.15 Å². The van der Waals surface area contributed by atoms with E-state index in [0.717, 1.165) is 49.0 Å². The molecule has 0 saturated carbocycles. The number of aromatic nitrogens is 1. The Balaban J connectivity index is 0.00000272. The van der Waals surface area contributed by atoms with E-state index < -0.39 is 0 Å². The fourth-order valence-corrected chi connectivity index (χ4v) is 3.61. The number of aliphatic imine (C=N–C) groups is 1. The lowest BCUT2D eigenvalue weighted by atomic mass is 10.1. The molecule has 1 aliphatic heterocycles. The molecule has 4 rings (SSSR count). The number of piperidine rings is 1. The number of hydrogen-bond acceptors (Lipinski definition) is 4. The van der Waals surface area contributed by atoms with Crippen LogP contribution in [-0.2, 0) is 6.54 Å². The van der Waals surface area contributed by atoms with Crippen molar-refractivity contribution in [1.82, 2.24) is 15.2 Å². The van der Waals surface area contributed by atoms with Crippen LogP contribution in [0.15, 0.2) is 70.2 Å². The molecule has 1 aromatic heterocycles. The second kappa shape index (κ2) is 11.2. The Morgan fingerprint density at radius 1 is 1.13 bits per heavy atom. The van der Waals surface area contributed by atoms with Gasteiger partial charge in [0.2, 0.25) is 5.89 Å². The molecule has 164 valence electrons. The smallest absolute Gasteiger partial charge is 0.214 e. The monoisotopic (exact) mass is 532 g/mol. The summed E-state index contributed by atoms with van der Waals surface area (Å²) in [6, 6.07) is 18.3. The number of ether oxygens (including phenoxy) is 1. The first kappa shape index (κ1) is 23.1. The highest BCUT2D eigenvalue weighted by atomic mass is 127.